The number of ether oxygens (including phenoxy) is 3. The maximum absolute atomic E-state index is 14.7. The number of nitrogens with zero attached hydrogens (tertiary/aromatic N) is 6. The summed E-state index contributed by atoms with van der Waals surface area (Å²) in [5.74, 6) is -2.37. The molecule has 63 heavy (non-hydrogen) atoms. The third kappa shape index (κ3) is 8.94. The van der Waals surface area contributed by atoms with Gasteiger partial charge in [0.05, 0.1) is 31.9 Å². The smallest absolute Gasteiger partial charge is 0.416 e. The minimum atomic E-state index is -0.914. The molecule has 3 saturated heterocycles. The van der Waals surface area contributed by atoms with Crippen LogP contribution in [0.25, 0.3) is 5.70 Å². The monoisotopic (exact) mass is 869 g/mol. The van der Waals surface area contributed by atoms with Gasteiger partial charge in [-0.2, -0.15) is 0 Å². The number of imide groups is 1. The molecule has 3 atom stereocenters. The van der Waals surface area contributed by atoms with Crippen LogP contribution in [0, 0.1) is 18.6 Å². The van der Waals surface area contributed by atoms with Crippen LogP contribution in [0.3, 0.4) is 0 Å². The van der Waals surface area contributed by atoms with Crippen molar-refractivity contribution in [3.05, 3.63) is 99.6 Å². The highest BCUT2D eigenvalue weighted by atomic mass is 19.1. The van der Waals surface area contributed by atoms with Gasteiger partial charge in [-0.3, -0.25) is 29.5 Å². The zero-order valence-electron chi connectivity index (χ0n) is 36.1. The quantitative estimate of drug-likeness (QED) is 0.263. The van der Waals surface area contributed by atoms with Crippen molar-refractivity contribution in [3.8, 4) is 11.6 Å². The number of piperidine rings is 1. The van der Waals surface area contributed by atoms with Crippen LogP contribution in [0.2, 0.25) is 0 Å². The number of methoxy groups -OCH3 is 1. The Morgan fingerprint density at radius 1 is 1.03 bits per heavy atom. The average Bonchev–Trinajstić information content (AvgIpc) is 3.78. The van der Waals surface area contributed by atoms with Gasteiger partial charge in [-0.15, -0.1) is 0 Å². The minimum absolute atomic E-state index is 0.00625. The Labute approximate surface area is 364 Å². The molecule has 0 radical (unpaired) electrons. The zero-order valence-corrected chi connectivity index (χ0v) is 36.1. The fraction of sp³-hybridized carbons (Fsp3) is 0.444. The molecule has 0 saturated carbocycles. The van der Waals surface area contributed by atoms with Gasteiger partial charge in [-0.25, -0.2) is 18.6 Å². The summed E-state index contributed by atoms with van der Waals surface area (Å²) in [4.78, 5) is 65.2. The Bertz CT molecular complexity index is 2410. The lowest BCUT2D eigenvalue weighted by Gasteiger charge is -2.39. The number of aryl methyl sites for hydroxylation is 1. The van der Waals surface area contributed by atoms with E-state index in [0.717, 1.165) is 54.6 Å². The van der Waals surface area contributed by atoms with E-state index in [4.69, 9.17) is 25.7 Å². The Morgan fingerprint density at radius 2 is 1.79 bits per heavy atom. The molecule has 3 fully saturated rings. The fourth-order valence-corrected chi connectivity index (χ4v) is 8.98. The Balaban J connectivity index is 0.906. The molecule has 5 aliphatic rings. The molecule has 0 spiro atoms. The van der Waals surface area contributed by atoms with Gasteiger partial charge in [0.15, 0.2) is 11.6 Å². The van der Waals surface area contributed by atoms with Gasteiger partial charge in [-0.05, 0) is 75.1 Å². The first-order valence-electron chi connectivity index (χ1n) is 21.1. The van der Waals surface area contributed by atoms with Crippen molar-refractivity contribution in [3.63, 3.8) is 0 Å². The number of amides is 4. The third-order valence-electron chi connectivity index (χ3n) is 12.2. The number of halogens is 2. The lowest BCUT2D eigenvalue weighted by atomic mass is 10.0. The zero-order chi connectivity index (χ0) is 44.9. The highest BCUT2D eigenvalue weighted by Crippen LogP contribution is 2.36. The fourth-order valence-electron chi connectivity index (χ4n) is 8.98. The number of piperazine rings is 1. The number of fused-ring (bicyclic) bond motifs is 2. The molecule has 0 aliphatic carbocycles. The second-order valence-corrected chi connectivity index (χ2v) is 17.7. The Morgan fingerprint density at radius 3 is 2.49 bits per heavy atom. The maximum atomic E-state index is 14.7. The standard InChI is InChI=1S/C45H53F2N9O7/c1-25-14-39(50-20-27(25)21-52-10-12-53(13-11-52)29-7-6-26-22-55(43(59)32(26)18-29)36-8-9-38(57)51-42(36)58)62-31-17-30-23-56(44(60)63-45(2,3)4)41(49)37(54(30)24-31)19-35(48)33-15-28(46)16-34(47)40(33)61-5/h6-7,14-16,18-20,30-31,36H,8-13,17,21-24,48-49H2,1-5H3,(H,51,57,58)/b35-19-. The van der Waals surface area contributed by atoms with Crippen molar-refractivity contribution in [2.75, 3.05) is 51.3 Å². The van der Waals surface area contributed by atoms with Crippen molar-refractivity contribution in [2.24, 2.45) is 11.5 Å². The molecule has 0 bridgehead atoms. The molecule has 8 rings (SSSR count). The molecule has 3 aromatic rings. The van der Waals surface area contributed by atoms with Crippen LogP contribution >= 0.6 is 0 Å². The number of pyridine rings is 1. The van der Waals surface area contributed by atoms with E-state index in [0.29, 0.717) is 55.7 Å². The second kappa shape index (κ2) is 17.0. The summed E-state index contributed by atoms with van der Waals surface area (Å²) in [6, 6.07) is 8.71. The molecule has 3 unspecified atom stereocenters. The van der Waals surface area contributed by atoms with Crippen LogP contribution in [0.15, 0.2) is 60.2 Å². The molecule has 5 aliphatic heterocycles. The number of aromatic nitrogens is 1. The van der Waals surface area contributed by atoms with Crippen molar-refractivity contribution in [1.82, 2.24) is 29.9 Å². The topological polar surface area (TPSA) is 189 Å². The SMILES string of the molecule is COc1c(F)cc(F)cc1/C(N)=C/C1=C(N)N(C(=O)OC(C)(C)C)CC2CC(Oc3cc(C)c(CN4CCN(c5ccc6c(c5)C(=O)N(C5CCC(=O)NC5=O)C6)CC4)cn3)CN12. The third-order valence-corrected chi connectivity index (χ3v) is 12.2. The molecule has 4 amide bonds. The van der Waals surface area contributed by atoms with E-state index in [1.54, 1.807) is 25.7 Å². The lowest BCUT2D eigenvalue weighted by Crippen LogP contribution is -2.52. The number of nitrogens with two attached hydrogens (primary N) is 2. The molecule has 18 heteroatoms. The van der Waals surface area contributed by atoms with Crippen LogP contribution in [-0.4, -0.2) is 119 Å². The lowest BCUT2D eigenvalue weighted by molar-refractivity contribution is -0.136. The van der Waals surface area contributed by atoms with Gasteiger partial charge >= 0.3 is 6.09 Å². The van der Waals surface area contributed by atoms with Crippen LogP contribution in [-0.2, 0) is 27.4 Å². The van der Waals surface area contributed by atoms with E-state index in [2.05, 4.69) is 20.1 Å². The van der Waals surface area contributed by atoms with E-state index < -0.39 is 35.3 Å². The van der Waals surface area contributed by atoms with Crippen molar-refractivity contribution in [1.29, 1.82) is 0 Å². The van der Waals surface area contributed by atoms with Gasteiger partial charge in [-0.1, -0.05) is 6.07 Å². The predicted molar refractivity (Wildman–Crippen MR) is 228 cm³/mol. The molecule has 334 valence electrons. The highest BCUT2D eigenvalue weighted by Gasteiger charge is 2.43. The molecule has 6 heterocycles. The summed E-state index contributed by atoms with van der Waals surface area (Å²) in [6.07, 6.45) is 3.37. The molecule has 2 aromatic carbocycles. The van der Waals surface area contributed by atoms with Crippen LogP contribution < -0.4 is 31.2 Å². The van der Waals surface area contributed by atoms with E-state index in [1.165, 1.54) is 18.1 Å². The molecule has 5 N–H and O–H groups in total. The first-order valence-corrected chi connectivity index (χ1v) is 21.1. The number of hydrogen-bond donors (Lipinski definition) is 3. The summed E-state index contributed by atoms with van der Waals surface area (Å²) in [7, 11) is 1.26. The first-order chi connectivity index (χ1) is 30.0. The molecular formula is C45H53F2N9O7. The highest BCUT2D eigenvalue weighted by molar-refractivity contribution is 6.05. The van der Waals surface area contributed by atoms with Crippen LogP contribution in [0.4, 0.5) is 19.3 Å². The largest absolute Gasteiger partial charge is 0.493 e. The number of nitrogens with one attached hydrogen (secondary N) is 1. The first kappa shape index (κ1) is 43.2. The van der Waals surface area contributed by atoms with Crippen molar-refractivity contribution in [2.45, 2.75) is 83.8 Å². The van der Waals surface area contributed by atoms with Gasteiger partial charge in [0, 0.05) is 93.0 Å². The summed E-state index contributed by atoms with van der Waals surface area (Å²) in [5, 5.41) is 2.35. The number of rotatable bonds is 9. The number of anilines is 1. The van der Waals surface area contributed by atoms with Gasteiger partial charge in [0.2, 0.25) is 17.7 Å². The number of benzene rings is 2. The van der Waals surface area contributed by atoms with Gasteiger partial charge < -0.3 is 40.4 Å². The van der Waals surface area contributed by atoms with Crippen molar-refractivity contribution >= 4 is 35.2 Å². The van der Waals surface area contributed by atoms with Crippen molar-refractivity contribution < 1.29 is 42.2 Å². The summed E-state index contributed by atoms with van der Waals surface area (Å²) in [6.45, 7) is 12.0. The molecule has 1 aromatic heterocycles. The average molecular weight is 870 g/mol. The van der Waals surface area contributed by atoms with Crippen LogP contribution in [0.1, 0.15) is 72.6 Å². The van der Waals surface area contributed by atoms with E-state index in [-0.39, 0.29) is 59.8 Å². The molecular weight excluding hydrogens is 817 g/mol. The van der Waals surface area contributed by atoms with E-state index in [1.807, 2.05) is 42.3 Å². The van der Waals surface area contributed by atoms with E-state index >= 15 is 0 Å². The normalized spacial score (nSPS) is 22.0. The number of carbonyl (C=O) groups is 4. The second-order valence-electron chi connectivity index (χ2n) is 17.7. The summed E-state index contributed by atoms with van der Waals surface area (Å²) < 4.78 is 46.4. The predicted octanol–water partition coefficient (Wildman–Crippen LogP) is 3.96. The summed E-state index contributed by atoms with van der Waals surface area (Å²) in [5.41, 5.74) is 17.2. The number of carbonyl (C=O) groups excluding carboxylic acids is 4. The number of allylic oxidation sites excluding steroid dienone is 1. The minimum Gasteiger partial charge on any atom is -0.493 e. The maximum Gasteiger partial charge on any atom is 0.416 e. The van der Waals surface area contributed by atoms with Gasteiger partial charge in [0.1, 0.15) is 29.4 Å². The van der Waals surface area contributed by atoms with E-state index in [9.17, 15) is 28.0 Å². The molecule has 16 nitrogen and oxygen atoms in total. The number of hydrogen-bond acceptors (Lipinski definition) is 13. The summed E-state index contributed by atoms with van der Waals surface area (Å²) >= 11 is 0. The van der Waals surface area contributed by atoms with Gasteiger partial charge in [0.25, 0.3) is 5.91 Å². The van der Waals surface area contributed by atoms with Crippen LogP contribution in [0.5, 0.6) is 11.6 Å². The Kier molecular flexibility index (Phi) is 11.7. The Hall–Kier alpha value is -6.43.